The largest absolute Gasteiger partial charge is 0.545 e. The number of halogens is 2. The topological polar surface area (TPSA) is 75.7 Å². The van der Waals surface area contributed by atoms with Gasteiger partial charge in [0.2, 0.25) is 0 Å². The molecule has 7 heteroatoms. The van der Waals surface area contributed by atoms with Gasteiger partial charge in [-0.1, -0.05) is 30.3 Å². The van der Waals surface area contributed by atoms with Gasteiger partial charge in [-0.25, -0.2) is 0 Å². The highest BCUT2D eigenvalue weighted by atomic mass is 19.3. The van der Waals surface area contributed by atoms with Crippen molar-refractivity contribution in [3.05, 3.63) is 65.2 Å². The molecule has 0 saturated carbocycles. The van der Waals surface area contributed by atoms with E-state index in [0.29, 0.717) is 5.56 Å². The second kappa shape index (κ2) is 8.05. The smallest absolute Gasteiger partial charge is 0.387 e. The average molecular weight is 347 g/mol. The number of carbonyl (C=O) groups excluding carboxylic acids is 2. The van der Waals surface area contributed by atoms with Crippen LogP contribution in [0.3, 0.4) is 0 Å². The summed E-state index contributed by atoms with van der Waals surface area (Å²) in [6.07, 6.45) is 2.77. The van der Waals surface area contributed by atoms with Crippen LogP contribution >= 0.6 is 0 Å². The number of aromatic carboxylic acids is 1. The van der Waals surface area contributed by atoms with Gasteiger partial charge in [-0.05, 0) is 35.4 Å². The minimum atomic E-state index is -3.00. The van der Waals surface area contributed by atoms with E-state index in [9.17, 15) is 23.5 Å². The fourth-order valence-electron chi connectivity index (χ4n) is 2.01. The van der Waals surface area contributed by atoms with Crippen molar-refractivity contribution in [2.24, 2.45) is 0 Å². The highest BCUT2D eigenvalue weighted by Crippen LogP contribution is 2.29. The number of rotatable bonds is 7. The maximum Gasteiger partial charge on any atom is 0.387 e. The van der Waals surface area contributed by atoms with Gasteiger partial charge in [-0.15, -0.1) is 0 Å². The number of hydrogen-bond donors (Lipinski definition) is 0. The molecule has 0 aliphatic rings. The summed E-state index contributed by atoms with van der Waals surface area (Å²) in [7, 11) is 1.27. The van der Waals surface area contributed by atoms with Gasteiger partial charge in [0, 0.05) is 5.56 Å². The lowest BCUT2D eigenvalue weighted by Gasteiger charge is -2.10. The number of ether oxygens (including phenoxy) is 2. The number of allylic oxidation sites excluding steroid dienone is 1. The van der Waals surface area contributed by atoms with Crippen LogP contribution in [0.5, 0.6) is 11.5 Å². The Labute approximate surface area is 142 Å². The molecule has 0 heterocycles. The fourth-order valence-corrected chi connectivity index (χ4v) is 2.01. The maximum atomic E-state index is 12.3. The quantitative estimate of drug-likeness (QED) is 0.568. The van der Waals surface area contributed by atoms with Crippen molar-refractivity contribution in [1.29, 1.82) is 0 Å². The molecule has 25 heavy (non-hydrogen) atoms. The minimum absolute atomic E-state index is 0.0119. The van der Waals surface area contributed by atoms with E-state index >= 15 is 0 Å². The molecule has 0 aromatic heterocycles. The Morgan fingerprint density at radius 1 is 1.04 bits per heavy atom. The number of alkyl halides is 2. The predicted octanol–water partition coefficient (Wildman–Crippen LogP) is 2.56. The van der Waals surface area contributed by atoms with Crippen molar-refractivity contribution >= 4 is 17.8 Å². The van der Waals surface area contributed by atoms with E-state index < -0.39 is 12.6 Å². The predicted molar refractivity (Wildman–Crippen MR) is 83.8 cm³/mol. The molecule has 0 N–H and O–H groups in total. The van der Waals surface area contributed by atoms with Crippen molar-refractivity contribution in [3.8, 4) is 11.5 Å². The highest BCUT2D eigenvalue weighted by Gasteiger charge is 2.13. The second-order valence-electron chi connectivity index (χ2n) is 4.85. The van der Waals surface area contributed by atoms with E-state index in [4.69, 9.17) is 4.74 Å². The molecule has 2 aromatic carbocycles. The summed E-state index contributed by atoms with van der Waals surface area (Å²) in [6.45, 7) is -3.00. The van der Waals surface area contributed by atoms with E-state index in [1.165, 1.54) is 61.7 Å². The monoisotopic (exact) mass is 347 g/mol. The van der Waals surface area contributed by atoms with E-state index in [2.05, 4.69) is 4.74 Å². The van der Waals surface area contributed by atoms with Gasteiger partial charge >= 0.3 is 6.61 Å². The lowest BCUT2D eigenvalue weighted by Crippen LogP contribution is -2.21. The third-order valence-electron chi connectivity index (χ3n) is 3.24. The van der Waals surface area contributed by atoms with Gasteiger partial charge in [-0.2, -0.15) is 8.78 Å². The molecule has 0 amide bonds. The van der Waals surface area contributed by atoms with Gasteiger partial charge in [0.05, 0.1) is 13.1 Å². The first-order valence-electron chi connectivity index (χ1n) is 7.07. The third-order valence-corrected chi connectivity index (χ3v) is 3.24. The van der Waals surface area contributed by atoms with Gasteiger partial charge in [0.15, 0.2) is 17.3 Å². The Morgan fingerprint density at radius 3 is 2.24 bits per heavy atom. The molecular formula is C18H13F2O5-. The lowest BCUT2D eigenvalue weighted by molar-refractivity contribution is -0.255. The molecule has 0 unspecified atom stereocenters. The first-order valence-corrected chi connectivity index (χ1v) is 7.07. The number of carboxylic acids is 1. The number of ketones is 1. The molecule has 0 radical (unpaired) electrons. The number of carboxylic acid groups (broad SMARTS) is 1. The molecule has 0 spiro atoms. The Balaban J connectivity index is 2.15. The highest BCUT2D eigenvalue weighted by molar-refractivity contribution is 6.07. The third kappa shape index (κ3) is 4.87. The van der Waals surface area contributed by atoms with Crippen LogP contribution in [0.1, 0.15) is 26.3 Å². The standard InChI is InChI=1S/C18H14F2O5/c1-24-16-10-13(7-9-15(16)25-18(19)20)14(21)8-4-11-2-5-12(6-3-11)17(22)23/h2-10,18H,1H3,(H,22,23)/p-1/b8-4+. The molecule has 5 nitrogen and oxygen atoms in total. The summed E-state index contributed by atoms with van der Waals surface area (Å²) in [5.74, 6) is -1.83. The number of carbonyl (C=O) groups is 2. The fraction of sp³-hybridized carbons (Fsp3) is 0.111. The van der Waals surface area contributed by atoms with Crippen LogP contribution in [0.25, 0.3) is 6.08 Å². The van der Waals surface area contributed by atoms with Crippen LogP contribution in [0.15, 0.2) is 48.5 Å². The van der Waals surface area contributed by atoms with Crippen LogP contribution in [0.2, 0.25) is 0 Å². The van der Waals surface area contributed by atoms with Gasteiger partial charge in [0.1, 0.15) is 0 Å². The first kappa shape index (κ1) is 18.1. The zero-order valence-electron chi connectivity index (χ0n) is 13.1. The summed E-state index contributed by atoms with van der Waals surface area (Å²) < 4.78 is 33.8. The van der Waals surface area contributed by atoms with E-state index in [1.54, 1.807) is 0 Å². The Morgan fingerprint density at radius 2 is 1.68 bits per heavy atom. The van der Waals surface area contributed by atoms with E-state index in [-0.39, 0.29) is 28.4 Å². The normalized spacial score (nSPS) is 10.9. The lowest BCUT2D eigenvalue weighted by atomic mass is 10.1. The van der Waals surface area contributed by atoms with Gasteiger partial charge in [-0.3, -0.25) is 4.79 Å². The minimum Gasteiger partial charge on any atom is -0.545 e. The Kier molecular flexibility index (Phi) is 5.84. The van der Waals surface area contributed by atoms with Crippen LogP contribution in [0.4, 0.5) is 8.78 Å². The molecule has 2 aromatic rings. The van der Waals surface area contributed by atoms with Crippen LogP contribution in [-0.2, 0) is 0 Å². The van der Waals surface area contributed by atoms with Crippen molar-refractivity contribution < 1.29 is 33.0 Å². The van der Waals surface area contributed by atoms with Crippen LogP contribution in [0, 0.1) is 0 Å². The van der Waals surface area contributed by atoms with E-state index in [0.717, 1.165) is 0 Å². The first-order chi connectivity index (χ1) is 11.9. The van der Waals surface area contributed by atoms with Crippen LogP contribution < -0.4 is 14.6 Å². The van der Waals surface area contributed by atoms with Crippen molar-refractivity contribution in [2.45, 2.75) is 6.61 Å². The molecule has 0 saturated heterocycles. The molecule has 130 valence electrons. The number of benzene rings is 2. The number of methoxy groups -OCH3 is 1. The molecule has 0 atom stereocenters. The SMILES string of the molecule is COc1cc(C(=O)/C=C/c2ccc(C(=O)[O-])cc2)ccc1OC(F)F. The summed E-state index contributed by atoms with van der Waals surface area (Å²) in [5.41, 5.74) is 0.867. The van der Waals surface area contributed by atoms with Crippen molar-refractivity contribution in [2.75, 3.05) is 7.11 Å². The molecule has 0 fully saturated rings. The molecule has 0 aliphatic carbocycles. The average Bonchev–Trinajstić information content (AvgIpc) is 2.59. The molecule has 0 aliphatic heterocycles. The molecular weight excluding hydrogens is 334 g/mol. The molecule has 2 rings (SSSR count). The van der Waals surface area contributed by atoms with E-state index in [1.807, 2.05) is 0 Å². The summed E-state index contributed by atoms with van der Waals surface area (Å²) >= 11 is 0. The zero-order chi connectivity index (χ0) is 18.4. The van der Waals surface area contributed by atoms with Crippen molar-refractivity contribution in [1.82, 2.24) is 0 Å². The second-order valence-corrected chi connectivity index (χ2v) is 4.85. The zero-order valence-corrected chi connectivity index (χ0v) is 13.1. The Bertz CT molecular complexity index is 798. The van der Waals surface area contributed by atoms with Gasteiger partial charge in [0.25, 0.3) is 0 Å². The molecule has 0 bridgehead atoms. The van der Waals surface area contributed by atoms with Crippen molar-refractivity contribution in [3.63, 3.8) is 0 Å². The van der Waals surface area contributed by atoms with Gasteiger partial charge < -0.3 is 19.4 Å². The Hall–Kier alpha value is -3.22. The maximum absolute atomic E-state index is 12.3. The number of hydrogen-bond acceptors (Lipinski definition) is 5. The summed E-state index contributed by atoms with van der Waals surface area (Å²) in [6, 6.07) is 9.62. The summed E-state index contributed by atoms with van der Waals surface area (Å²) in [4.78, 5) is 22.8. The van der Waals surface area contributed by atoms with Crippen LogP contribution in [-0.4, -0.2) is 25.5 Å². The summed E-state index contributed by atoms with van der Waals surface area (Å²) in [5, 5.41) is 10.7.